The minimum absolute atomic E-state index is 0.227. The molecule has 5 rings (SSSR count). The summed E-state index contributed by atoms with van der Waals surface area (Å²) in [4.78, 5) is 31.8. The van der Waals surface area contributed by atoms with Crippen molar-refractivity contribution in [2.75, 3.05) is 45.1 Å². The van der Waals surface area contributed by atoms with Crippen molar-refractivity contribution in [3.8, 4) is 5.69 Å². The molecule has 0 unspecified atom stereocenters. The average Bonchev–Trinajstić information content (AvgIpc) is 3.37. The Balaban J connectivity index is 1.40. The number of ketones is 1. The van der Waals surface area contributed by atoms with E-state index < -0.39 is 11.7 Å². The van der Waals surface area contributed by atoms with Crippen LogP contribution in [-0.2, 0) is 16.6 Å². The highest BCUT2D eigenvalue weighted by atomic mass is 16.2. The highest BCUT2D eigenvalue weighted by Crippen LogP contribution is 2.28. The van der Waals surface area contributed by atoms with Crippen LogP contribution in [0, 0.1) is 6.92 Å². The van der Waals surface area contributed by atoms with E-state index in [0.717, 1.165) is 66.9 Å². The normalized spacial score (nSPS) is 14.9. The Morgan fingerprint density at radius 1 is 0.900 bits per heavy atom. The summed E-state index contributed by atoms with van der Waals surface area (Å²) in [5, 5.41) is 9.47. The summed E-state index contributed by atoms with van der Waals surface area (Å²) in [6.45, 7) is 13.5. The molecule has 0 saturated carbocycles. The number of aromatic nitrogens is 2. The minimum Gasteiger partial charge on any atom is -0.304 e. The molecule has 2 heterocycles. The summed E-state index contributed by atoms with van der Waals surface area (Å²) in [5.41, 5.74) is 4.15. The van der Waals surface area contributed by atoms with Gasteiger partial charge in [0.25, 0.3) is 11.7 Å². The van der Waals surface area contributed by atoms with E-state index >= 15 is 0 Å². The standard InChI is InChI=1S/C33H39N5O2/c1-23-10-13-25(14-11-23)38-30(22-29(35-38)33(2,3)4)34-32(40)31(39)28-15-12-24(26-8-6-7-9-27(26)28)16-17-37-20-18-36(5)19-21-37/h6-15,22H,16-21H2,1-5H3,(H,34,40). The Morgan fingerprint density at radius 3 is 2.25 bits per heavy atom. The zero-order valence-electron chi connectivity index (χ0n) is 24.2. The first-order valence-electron chi connectivity index (χ1n) is 14.0. The molecule has 208 valence electrons. The van der Waals surface area contributed by atoms with Gasteiger partial charge in [0, 0.05) is 49.8 Å². The lowest BCUT2D eigenvalue weighted by Gasteiger charge is -2.32. The molecule has 4 aromatic rings. The summed E-state index contributed by atoms with van der Waals surface area (Å²) in [5.74, 6) is -0.764. The summed E-state index contributed by atoms with van der Waals surface area (Å²) in [6, 6.07) is 21.5. The number of nitrogens with zero attached hydrogens (tertiary/aromatic N) is 4. The Kier molecular flexibility index (Phi) is 7.88. The smallest absolute Gasteiger partial charge is 0.297 e. The number of carbonyl (C=O) groups excluding carboxylic acids is 2. The van der Waals surface area contributed by atoms with E-state index in [9.17, 15) is 9.59 Å². The number of Topliss-reactive ketones (excluding diaryl/α,β-unsaturated/α-hetero) is 1. The summed E-state index contributed by atoms with van der Waals surface area (Å²) in [6.07, 6.45) is 0.899. The van der Waals surface area contributed by atoms with Crippen molar-refractivity contribution < 1.29 is 9.59 Å². The molecule has 0 atom stereocenters. The number of likely N-dealkylation sites (N-methyl/N-ethyl adjacent to an activating group) is 1. The monoisotopic (exact) mass is 537 g/mol. The number of rotatable bonds is 7. The van der Waals surface area contributed by atoms with Gasteiger partial charge in [-0.25, -0.2) is 4.68 Å². The summed E-state index contributed by atoms with van der Waals surface area (Å²) < 4.78 is 1.70. The fraction of sp³-hybridized carbons (Fsp3) is 0.364. The second-order valence-corrected chi connectivity index (χ2v) is 11.9. The second kappa shape index (κ2) is 11.4. The molecule has 1 amide bonds. The lowest BCUT2D eigenvalue weighted by atomic mass is 9.92. The van der Waals surface area contributed by atoms with E-state index in [4.69, 9.17) is 5.10 Å². The van der Waals surface area contributed by atoms with Crippen LogP contribution < -0.4 is 5.32 Å². The maximum Gasteiger partial charge on any atom is 0.297 e. The number of nitrogens with one attached hydrogen (secondary N) is 1. The lowest BCUT2D eigenvalue weighted by molar-refractivity contribution is -0.112. The molecule has 7 nitrogen and oxygen atoms in total. The molecule has 1 saturated heterocycles. The third-order valence-corrected chi connectivity index (χ3v) is 7.76. The Morgan fingerprint density at radius 2 is 1.57 bits per heavy atom. The predicted molar refractivity (Wildman–Crippen MR) is 162 cm³/mol. The molecule has 0 radical (unpaired) electrons. The highest BCUT2D eigenvalue weighted by Gasteiger charge is 2.25. The third-order valence-electron chi connectivity index (χ3n) is 7.76. The van der Waals surface area contributed by atoms with Crippen LogP contribution in [0.15, 0.2) is 66.7 Å². The van der Waals surface area contributed by atoms with Crippen LogP contribution in [0.1, 0.15) is 48.0 Å². The van der Waals surface area contributed by atoms with Gasteiger partial charge in [0.1, 0.15) is 5.82 Å². The van der Waals surface area contributed by atoms with Gasteiger partial charge in [-0.1, -0.05) is 68.8 Å². The van der Waals surface area contributed by atoms with Crippen LogP contribution in [0.2, 0.25) is 0 Å². The van der Waals surface area contributed by atoms with Crippen LogP contribution >= 0.6 is 0 Å². The van der Waals surface area contributed by atoms with Crippen LogP contribution in [0.25, 0.3) is 16.5 Å². The van der Waals surface area contributed by atoms with Crippen molar-refractivity contribution in [3.05, 3.63) is 89.1 Å². The number of piperazine rings is 1. The van der Waals surface area contributed by atoms with Crippen LogP contribution in [-0.4, -0.2) is 71.0 Å². The molecular weight excluding hydrogens is 498 g/mol. The molecule has 1 aliphatic heterocycles. The number of carbonyl (C=O) groups is 2. The minimum atomic E-state index is -0.677. The summed E-state index contributed by atoms with van der Waals surface area (Å²) >= 11 is 0. The summed E-state index contributed by atoms with van der Waals surface area (Å²) in [7, 11) is 2.16. The second-order valence-electron chi connectivity index (χ2n) is 11.9. The van der Waals surface area contributed by atoms with Gasteiger partial charge in [-0.3, -0.25) is 9.59 Å². The zero-order chi connectivity index (χ0) is 28.4. The van der Waals surface area contributed by atoms with E-state index in [1.807, 2.05) is 67.6 Å². The number of benzene rings is 3. The average molecular weight is 538 g/mol. The van der Waals surface area contributed by atoms with E-state index in [-0.39, 0.29) is 5.41 Å². The number of hydrogen-bond donors (Lipinski definition) is 1. The van der Waals surface area contributed by atoms with Gasteiger partial charge in [-0.2, -0.15) is 5.10 Å². The molecule has 1 N–H and O–H groups in total. The molecule has 1 aromatic heterocycles. The Bertz CT molecular complexity index is 1520. The van der Waals surface area contributed by atoms with Crippen LogP contribution in [0.5, 0.6) is 0 Å². The molecular formula is C33H39N5O2. The van der Waals surface area contributed by atoms with Gasteiger partial charge in [-0.05, 0) is 54.9 Å². The van der Waals surface area contributed by atoms with Crippen molar-refractivity contribution >= 4 is 28.3 Å². The van der Waals surface area contributed by atoms with Gasteiger partial charge in [0.15, 0.2) is 0 Å². The van der Waals surface area contributed by atoms with E-state index in [0.29, 0.717) is 11.4 Å². The van der Waals surface area contributed by atoms with Crippen LogP contribution in [0.3, 0.4) is 0 Å². The SMILES string of the molecule is Cc1ccc(-n2nc(C(C)(C)C)cc2NC(=O)C(=O)c2ccc(CCN3CCN(C)CC3)c3ccccc23)cc1. The van der Waals surface area contributed by atoms with Crippen molar-refractivity contribution in [1.29, 1.82) is 0 Å². The van der Waals surface area contributed by atoms with Gasteiger partial charge >= 0.3 is 0 Å². The lowest BCUT2D eigenvalue weighted by Crippen LogP contribution is -2.45. The molecule has 1 aliphatic rings. The largest absolute Gasteiger partial charge is 0.304 e. The fourth-order valence-electron chi connectivity index (χ4n) is 5.14. The molecule has 1 fully saturated rings. The maximum atomic E-state index is 13.6. The van der Waals surface area contributed by atoms with Crippen molar-refractivity contribution in [1.82, 2.24) is 19.6 Å². The van der Waals surface area contributed by atoms with Crippen molar-refractivity contribution in [2.24, 2.45) is 0 Å². The fourth-order valence-corrected chi connectivity index (χ4v) is 5.14. The van der Waals surface area contributed by atoms with Gasteiger partial charge in [0.05, 0.1) is 11.4 Å². The van der Waals surface area contributed by atoms with Gasteiger partial charge < -0.3 is 15.1 Å². The maximum absolute atomic E-state index is 13.6. The first-order chi connectivity index (χ1) is 19.1. The molecule has 0 aliphatic carbocycles. The molecule has 0 bridgehead atoms. The molecule has 40 heavy (non-hydrogen) atoms. The van der Waals surface area contributed by atoms with E-state index in [2.05, 4.69) is 42.9 Å². The Hall–Kier alpha value is -3.81. The van der Waals surface area contributed by atoms with E-state index in [1.54, 1.807) is 10.7 Å². The first-order valence-corrected chi connectivity index (χ1v) is 14.0. The van der Waals surface area contributed by atoms with E-state index in [1.165, 1.54) is 5.56 Å². The third kappa shape index (κ3) is 6.01. The molecule has 0 spiro atoms. The van der Waals surface area contributed by atoms with Crippen LogP contribution in [0.4, 0.5) is 5.82 Å². The van der Waals surface area contributed by atoms with Crippen molar-refractivity contribution in [3.63, 3.8) is 0 Å². The number of fused-ring (bicyclic) bond motifs is 1. The van der Waals surface area contributed by atoms with Crippen molar-refractivity contribution in [2.45, 2.75) is 39.5 Å². The molecule has 7 heteroatoms. The highest BCUT2D eigenvalue weighted by molar-refractivity contribution is 6.48. The van der Waals surface area contributed by atoms with Gasteiger partial charge in [0.2, 0.25) is 0 Å². The number of amides is 1. The first kappa shape index (κ1) is 27.7. The Labute approximate surface area is 236 Å². The molecule has 3 aromatic carbocycles. The quantitative estimate of drug-likeness (QED) is 0.258. The zero-order valence-corrected chi connectivity index (χ0v) is 24.2. The topological polar surface area (TPSA) is 70.5 Å². The number of anilines is 1. The number of hydrogen-bond acceptors (Lipinski definition) is 5. The predicted octanol–water partition coefficient (Wildman–Crippen LogP) is 5.24. The number of aryl methyl sites for hydroxylation is 1. The van der Waals surface area contributed by atoms with Gasteiger partial charge in [-0.15, -0.1) is 0 Å².